The van der Waals surface area contributed by atoms with Crippen molar-refractivity contribution in [3.8, 4) is 0 Å². The summed E-state index contributed by atoms with van der Waals surface area (Å²) in [5, 5.41) is 0. The van der Waals surface area contributed by atoms with Crippen molar-refractivity contribution in [2.75, 3.05) is 0 Å². The average molecular weight is 425 g/mol. The van der Waals surface area contributed by atoms with Crippen molar-refractivity contribution in [3.05, 3.63) is 35.9 Å². The fourth-order valence-corrected chi connectivity index (χ4v) is 5.02. The molecule has 0 radical (unpaired) electrons. The minimum absolute atomic E-state index is 0.0302. The van der Waals surface area contributed by atoms with Crippen LogP contribution >= 0.6 is 0 Å². The Labute approximate surface area is 180 Å². The Morgan fingerprint density at radius 1 is 0.690 bits per heavy atom. The molecule has 0 N–H and O–H groups in total. The summed E-state index contributed by atoms with van der Waals surface area (Å²) < 4.78 is 30.8. The smallest absolute Gasteiger partial charge is 0.267 e. The number of rotatable bonds is 19. The van der Waals surface area contributed by atoms with Gasteiger partial charge in [0.05, 0.1) is 6.10 Å². The molecule has 168 valence electrons. The molecule has 0 fully saturated rings. The van der Waals surface area contributed by atoms with Crippen molar-refractivity contribution < 1.29 is 12.6 Å². The monoisotopic (exact) mass is 424 g/mol. The van der Waals surface area contributed by atoms with E-state index in [4.69, 9.17) is 4.18 Å². The highest BCUT2D eigenvalue weighted by atomic mass is 32.2. The van der Waals surface area contributed by atoms with E-state index in [-0.39, 0.29) is 11.9 Å². The van der Waals surface area contributed by atoms with Gasteiger partial charge in [-0.2, -0.15) is 8.42 Å². The molecule has 1 aromatic carbocycles. The van der Waals surface area contributed by atoms with Gasteiger partial charge < -0.3 is 0 Å². The summed E-state index contributed by atoms with van der Waals surface area (Å²) >= 11 is 0. The molecule has 4 heteroatoms. The third kappa shape index (κ3) is 14.7. The molecular weight excluding hydrogens is 380 g/mol. The van der Waals surface area contributed by atoms with Gasteiger partial charge in [-0.15, -0.1) is 0 Å². The Balaban J connectivity index is 2.41. The molecule has 1 aromatic rings. The van der Waals surface area contributed by atoms with Crippen molar-refractivity contribution in [2.45, 2.75) is 122 Å². The minimum Gasteiger partial charge on any atom is -0.267 e. The maximum Gasteiger partial charge on any atom is 0.271 e. The lowest BCUT2D eigenvalue weighted by atomic mass is 10.0. The van der Waals surface area contributed by atoms with E-state index in [1.807, 2.05) is 30.3 Å². The summed E-state index contributed by atoms with van der Waals surface area (Å²) in [5.41, 5.74) is 0.793. The third-order valence-corrected chi connectivity index (χ3v) is 6.73. The number of unbranched alkanes of at least 4 members (excludes halogenated alkanes) is 11. The molecule has 0 spiro atoms. The molecule has 1 atom stereocenters. The van der Waals surface area contributed by atoms with E-state index in [0.717, 1.165) is 31.2 Å². The highest BCUT2D eigenvalue weighted by molar-refractivity contribution is 7.85. The van der Waals surface area contributed by atoms with E-state index >= 15 is 0 Å². The summed E-state index contributed by atoms with van der Waals surface area (Å²) in [6.45, 7) is 4.46. The minimum atomic E-state index is -3.54. The number of hydrogen-bond acceptors (Lipinski definition) is 3. The van der Waals surface area contributed by atoms with Crippen molar-refractivity contribution in [1.82, 2.24) is 0 Å². The van der Waals surface area contributed by atoms with Gasteiger partial charge in [-0.25, -0.2) is 0 Å². The molecule has 0 aliphatic rings. The lowest BCUT2D eigenvalue weighted by Gasteiger charge is -2.18. The molecule has 0 aliphatic carbocycles. The fourth-order valence-electron chi connectivity index (χ4n) is 3.74. The summed E-state index contributed by atoms with van der Waals surface area (Å²) in [6, 6.07) is 9.34. The Kier molecular flexibility index (Phi) is 15.2. The normalized spacial score (nSPS) is 12.9. The standard InChI is InChI=1S/C25H44O3S/c1-3-5-7-9-10-11-13-18-22-25(21-17-12-8-6-4-2)28-29(26,27)23-24-19-15-14-16-20-24/h14-16,19-20,25H,3-13,17-18,21-23H2,1-2H3. The topological polar surface area (TPSA) is 43.4 Å². The van der Waals surface area contributed by atoms with E-state index in [0.29, 0.717) is 0 Å². The van der Waals surface area contributed by atoms with Gasteiger partial charge in [0, 0.05) is 0 Å². The molecule has 1 unspecified atom stereocenters. The SMILES string of the molecule is CCCCCCCCCCC(CCCCCCC)OS(=O)(=O)Cc1ccccc1. The molecule has 0 saturated heterocycles. The van der Waals surface area contributed by atoms with Crippen molar-refractivity contribution in [2.24, 2.45) is 0 Å². The first-order valence-electron chi connectivity index (χ1n) is 12.0. The first-order valence-corrected chi connectivity index (χ1v) is 13.6. The number of hydrogen-bond donors (Lipinski definition) is 0. The van der Waals surface area contributed by atoms with Crippen LogP contribution in [0.5, 0.6) is 0 Å². The van der Waals surface area contributed by atoms with Crippen molar-refractivity contribution in [1.29, 1.82) is 0 Å². The second kappa shape index (κ2) is 16.9. The average Bonchev–Trinajstić information content (AvgIpc) is 2.69. The van der Waals surface area contributed by atoms with Crippen LogP contribution in [0.25, 0.3) is 0 Å². The quantitative estimate of drug-likeness (QED) is 0.168. The van der Waals surface area contributed by atoms with E-state index in [9.17, 15) is 8.42 Å². The van der Waals surface area contributed by atoms with Crippen LogP contribution < -0.4 is 0 Å². The summed E-state index contributed by atoms with van der Waals surface area (Å²) in [7, 11) is -3.54. The van der Waals surface area contributed by atoms with Crippen LogP contribution in [0.1, 0.15) is 116 Å². The molecule has 1 rings (SSSR count). The van der Waals surface area contributed by atoms with Crippen LogP contribution in [-0.2, 0) is 20.1 Å². The van der Waals surface area contributed by atoms with Crippen LogP contribution in [0.2, 0.25) is 0 Å². The Morgan fingerprint density at radius 2 is 1.14 bits per heavy atom. The maximum atomic E-state index is 12.6. The van der Waals surface area contributed by atoms with E-state index in [1.54, 1.807) is 0 Å². The molecule has 3 nitrogen and oxygen atoms in total. The van der Waals surface area contributed by atoms with Crippen LogP contribution in [0, 0.1) is 0 Å². The van der Waals surface area contributed by atoms with Crippen LogP contribution in [-0.4, -0.2) is 14.5 Å². The summed E-state index contributed by atoms with van der Waals surface area (Å²) in [4.78, 5) is 0. The lowest BCUT2D eigenvalue weighted by Crippen LogP contribution is -2.20. The summed E-state index contributed by atoms with van der Waals surface area (Å²) in [5.74, 6) is -0.0302. The predicted octanol–water partition coefficient (Wildman–Crippen LogP) is 7.79. The second-order valence-corrected chi connectivity index (χ2v) is 9.97. The first kappa shape index (κ1) is 26.2. The third-order valence-electron chi connectivity index (χ3n) is 5.48. The van der Waals surface area contributed by atoms with Gasteiger partial charge in [0.2, 0.25) is 0 Å². The van der Waals surface area contributed by atoms with Gasteiger partial charge in [-0.3, -0.25) is 4.18 Å². The van der Waals surface area contributed by atoms with E-state index in [1.165, 1.54) is 70.6 Å². The van der Waals surface area contributed by atoms with Crippen LogP contribution in [0.15, 0.2) is 30.3 Å². The maximum absolute atomic E-state index is 12.6. The van der Waals surface area contributed by atoms with Gasteiger partial charge in [0.25, 0.3) is 10.1 Å². The largest absolute Gasteiger partial charge is 0.271 e. The zero-order valence-corrected chi connectivity index (χ0v) is 19.7. The van der Waals surface area contributed by atoms with Gasteiger partial charge in [0.15, 0.2) is 0 Å². The van der Waals surface area contributed by atoms with Crippen LogP contribution in [0.4, 0.5) is 0 Å². The highest BCUT2D eigenvalue weighted by Crippen LogP contribution is 2.20. The van der Waals surface area contributed by atoms with E-state index in [2.05, 4.69) is 13.8 Å². The van der Waals surface area contributed by atoms with Crippen LogP contribution in [0.3, 0.4) is 0 Å². The van der Waals surface area contributed by atoms with E-state index < -0.39 is 10.1 Å². The van der Waals surface area contributed by atoms with Gasteiger partial charge in [-0.1, -0.05) is 128 Å². The number of benzene rings is 1. The molecule has 29 heavy (non-hydrogen) atoms. The highest BCUT2D eigenvalue weighted by Gasteiger charge is 2.20. The predicted molar refractivity (Wildman–Crippen MR) is 125 cm³/mol. The fraction of sp³-hybridized carbons (Fsp3) is 0.760. The zero-order chi connectivity index (χ0) is 21.2. The van der Waals surface area contributed by atoms with Crippen molar-refractivity contribution >= 4 is 10.1 Å². The summed E-state index contributed by atoms with van der Waals surface area (Å²) in [6.07, 6.45) is 17.6. The molecule has 0 bridgehead atoms. The molecule has 0 aliphatic heterocycles. The van der Waals surface area contributed by atoms with Gasteiger partial charge >= 0.3 is 0 Å². The molecular formula is C25H44O3S. The van der Waals surface area contributed by atoms with Gasteiger partial charge in [0.1, 0.15) is 5.75 Å². The Bertz CT molecular complexity index is 583. The lowest BCUT2D eigenvalue weighted by molar-refractivity contribution is 0.179. The zero-order valence-electron chi connectivity index (χ0n) is 18.9. The molecule has 0 saturated carbocycles. The van der Waals surface area contributed by atoms with Gasteiger partial charge in [-0.05, 0) is 18.4 Å². The molecule has 0 heterocycles. The molecule has 0 amide bonds. The Hall–Kier alpha value is -0.870. The Morgan fingerprint density at radius 3 is 1.62 bits per heavy atom. The molecule has 0 aromatic heterocycles. The second-order valence-electron chi connectivity index (χ2n) is 8.37. The van der Waals surface area contributed by atoms with Crippen molar-refractivity contribution in [3.63, 3.8) is 0 Å². The first-order chi connectivity index (χ1) is 14.1.